The molecule has 1 aromatic carbocycles. The normalized spacial score (nSPS) is 18.5. The number of phenolic OH excluding ortho intramolecular Hbond substituents is 1. The number of carbonyl (C=O) groups excluding carboxylic acids is 1. The molecule has 150 valence electrons. The fraction of sp³-hybridized carbons (Fsp3) is 0.412. The molecule has 0 radical (unpaired) electrons. The standard InChI is InChI=1S/C17H20N4O7/c1-7(2)20-15-12(16(23)19-20)11(13(21(25)26)17(24)18-15)8-5-9(27-3)14(22)10(6-8)28-4/h5-7,11,13,22H,1-4H3,(H,18,24)(H,19,23). The molecular formula is C17H20N4O7. The average Bonchev–Trinajstić information content (AvgIpc) is 2.97. The van der Waals surface area contributed by atoms with Crippen molar-refractivity contribution in [3.63, 3.8) is 0 Å². The third-order valence-corrected chi connectivity index (χ3v) is 4.70. The number of ether oxygens (including phenoxy) is 2. The van der Waals surface area contributed by atoms with Gasteiger partial charge in [0.25, 0.3) is 5.56 Å². The summed E-state index contributed by atoms with van der Waals surface area (Å²) < 4.78 is 11.7. The number of hydrogen-bond acceptors (Lipinski definition) is 7. The van der Waals surface area contributed by atoms with E-state index >= 15 is 0 Å². The highest BCUT2D eigenvalue weighted by atomic mass is 16.6. The molecule has 0 saturated carbocycles. The largest absolute Gasteiger partial charge is 0.502 e. The molecule has 3 rings (SSSR count). The van der Waals surface area contributed by atoms with E-state index in [1.54, 1.807) is 13.8 Å². The monoisotopic (exact) mass is 392 g/mol. The molecule has 2 heterocycles. The quantitative estimate of drug-likeness (QED) is 0.511. The minimum atomic E-state index is -1.74. The van der Waals surface area contributed by atoms with Gasteiger partial charge in [-0.1, -0.05) is 0 Å². The Morgan fingerprint density at radius 2 is 1.79 bits per heavy atom. The van der Waals surface area contributed by atoms with Crippen LogP contribution in [-0.2, 0) is 4.79 Å². The summed E-state index contributed by atoms with van der Waals surface area (Å²) in [5, 5.41) is 26.9. The summed E-state index contributed by atoms with van der Waals surface area (Å²) in [6, 6.07) is 0.769. The number of benzene rings is 1. The zero-order valence-corrected chi connectivity index (χ0v) is 15.7. The molecule has 0 fully saturated rings. The smallest absolute Gasteiger partial charge is 0.301 e. The summed E-state index contributed by atoms with van der Waals surface area (Å²) >= 11 is 0. The topological polar surface area (TPSA) is 149 Å². The average molecular weight is 392 g/mol. The van der Waals surface area contributed by atoms with Gasteiger partial charge in [0.1, 0.15) is 5.82 Å². The number of methoxy groups -OCH3 is 2. The molecule has 11 nitrogen and oxygen atoms in total. The third-order valence-electron chi connectivity index (χ3n) is 4.70. The van der Waals surface area contributed by atoms with Crippen LogP contribution in [0, 0.1) is 10.1 Å². The van der Waals surface area contributed by atoms with Gasteiger partial charge in [-0.25, -0.2) is 0 Å². The van der Waals surface area contributed by atoms with Crippen LogP contribution in [0.15, 0.2) is 16.9 Å². The predicted molar refractivity (Wildman–Crippen MR) is 97.9 cm³/mol. The van der Waals surface area contributed by atoms with E-state index in [0.29, 0.717) is 0 Å². The Bertz CT molecular complexity index is 982. The van der Waals surface area contributed by atoms with Crippen molar-refractivity contribution in [3.8, 4) is 17.2 Å². The van der Waals surface area contributed by atoms with Crippen LogP contribution in [0.25, 0.3) is 0 Å². The predicted octanol–water partition coefficient (Wildman–Crippen LogP) is 1.21. The lowest BCUT2D eigenvalue weighted by molar-refractivity contribution is -0.509. The van der Waals surface area contributed by atoms with Gasteiger partial charge in [0, 0.05) is 11.0 Å². The van der Waals surface area contributed by atoms with Gasteiger partial charge in [-0.05, 0) is 31.5 Å². The third kappa shape index (κ3) is 2.84. The Hall–Kier alpha value is -3.50. The van der Waals surface area contributed by atoms with Crippen molar-refractivity contribution in [2.75, 3.05) is 19.5 Å². The number of anilines is 1. The molecule has 1 aliphatic heterocycles. The van der Waals surface area contributed by atoms with Gasteiger partial charge in [0.15, 0.2) is 11.5 Å². The van der Waals surface area contributed by atoms with Crippen LogP contribution < -0.4 is 20.3 Å². The molecule has 1 aliphatic rings. The summed E-state index contributed by atoms with van der Waals surface area (Å²) in [7, 11) is 2.62. The van der Waals surface area contributed by atoms with E-state index in [0.717, 1.165) is 0 Å². The second-order valence-corrected chi connectivity index (χ2v) is 6.64. The second-order valence-electron chi connectivity index (χ2n) is 6.64. The number of hydrogen-bond donors (Lipinski definition) is 3. The Morgan fingerprint density at radius 1 is 1.21 bits per heavy atom. The number of fused-ring (bicyclic) bond motifs is 1. The van der Waals surface area contributed by atoms with Crippen molar-refractivity contribution in [2.24, 2.45) is 0 Å². The van der Waals surface area contributed by atoms with Crippen LogP contribution in [0.3, 0.4) is 0 Å². The van der Waals surface area contributed by atoms with Crippen LogP contribution in [0.5, 0.6) is 17.2 Å². The highest BCUT2D eigenvalue weighted by molar-refractivity contribution is 5.98. The number of carbonyl (C=O) groups is 1. The number of nitrogens with one attached hydrogen (secondary N) is 2. The molecule has 3 N–H and O–H groups in total. The van der Waals surface area contributed by atoms with Crippen molar-refractivity contribution in [1.29, 1.82) is 0 Å². The molecule has 28 heavy (non-hydrogen) atoms. The number of nitro groups is 1. The number of aromatic hydroxyl groups is 1. The molecule has 0 aliphatic carbocycles. The SMILES string of the molecule is COc1cc(C2c3c(n(C(C)C)[nH]c3=O)NC(=O)C2[N+](=O)[O-])cc(OC)c1O. The maximum atomic E-state index is 12.7. The first-order valence-electron chi connectivity index (χ1n) is 8.44. The van der Waals surface area contributed by atoms with Crippen molar-refractivity contribution >= 4 is 11.7 Å². The zero-order valence-electron chi connectivity index (χ0n) is 15.7. The lowest BCUT2D eigenvalue weighted by Gasteiger charge is -2.27. The molecule has 0 saturated heterocycles. The molecule has 2 aromatic rings. The van der Waals surface area contributed by atoms with Crippen molar-refractivity contribution in [2.45, 2.75) is 31.8 Å². The van der Waals surface area contributed by atoms with Crippen LogP contribution >= 0.6 is 0 Å². The Morgan fingerprint density at radius 3 is 2.25 bits per heavy atom. The Labute approximate surface area is 159 Å². The number of nitrogens with zero attached hydrogens (tertiary/aromatic N) is 2. The van der Waals surface area contributed by atoms with Crippen molar-refractivity contribution in [1.82, 2.24) is 9.78 Å². The first-order chi connectivity index (χ1) is 13.2. The maximum absolute atomic E-state index is 12.7. The number of amides is 1. The minimum absolute atomic E-state index is 0.00343. The molecular weight excluding hydrogens is 372 g/mol. The van der Waals surface area contributed by atoms with Gasteiger partial charge >= 0.3 is 11.9 Å². The molecule has 2 unspecified atom stereocenters. The molecule has 11 heteroatoms. The number of rotatable bonds is 5. The zero-order chi connectivity index (χ0) is 20.7. The van der Waals surface area contributed by atoms with E-state index < -0.39 is 28.3 Å². The number of H-pyrrole nitrogens is 1. The molecule has 1 amide bonds. The van der Waals surface area contributed by atoms with Gasteiger partial charge in [0.2, 0.25) is 5.75 Å². The van der Waals surface area contributed by atoms with Crippen LogP contribution in [0.1, 0.15) is 36.9 Å². The van der Waals surface area contributed by atoms with Crippen molar-refractivity contribution in [3.05, 3.63) is 43.7 Å². The van der Waals surface area contributed by atoms with E-state index in [-0.39, 0.29) is 40.2 Å². The van der Waals surface area contributed by atoms with Gasteiger partial charge in [-0.15, -0.1) is 0 Å². The van der Waals surface area contributed by atoms with E-state index in [1.165, 1.54) is 31.0 Å². The van der Waals surface area contributed by atoms with E-state index in [9.17, 15) is 24.8 Å². The highest BCUT2D eigenvalue weighted by Crippen LogP contribution is 2.44. The van der Waals surface area contributed by atoms with E-state index in [1.807, 2.05) is 0 Å². The summed E-state index contributed by atoms with van der Waals surface area (Å²) in [4.78, 5) is 36.2. The first kappa shape index (κ1) is 19.3. The fourth-order valence-electron chi connectivity index (χ4n) is 3.43. The summed E-state index contributed by atoms with van der Waals surface area (Å²) in [5.74, 6) is -2.15. The minimum Gasteiger partial charge on any atom is -0.502 e. The van der Waals surface area contributed by atoms with Crippen LogP contribution in [-0.4, -0.2) is 46.0 Å². The highest BCUT2D eigenvalue weighted by Gasteiger charge is 2.49. The van der Waals surface area contributed by atoms with E-state index in [4.69, 9.17) is 9.47 Å². The molecule has 0 bridgehead atoms. The number of aromatic nitrogens is 2. The Kier molecular flexibility index (Phi) is 4.75. The maximum Gasteiger partial charge on any atom is 0.301 e. The summed E-state index contributed by atoms with van der Waals surface area (Å²) in [5.41, 5.74) is -0.257. The molecule has 1 aromatic heterocycles. The van der Waals surface area contributed by atoms with Crippen LogP contribution in [0.2, 0.25) is 0 Å². The summed E-state index contributed by atoms with van der Waals surface area (Å²) in [6.07, 6.45) is 0. The Balaban J connectivity index is 2.33. The molecule has 0 spiro atoms. The van der Waals surface area contributed by atoms with Gasteiger partial charge < -0.3 is 19.9 Å². The number of phenols is 1. The lowest BCUT2D eigenvalue weighted by atomic mass is 9.83. The first-order valence-corrected chi connectivity index (χ1v) is 8.44. The van der Waals surface area contributed by atoms with Gasteiger partial charge in [0.05, 0.1) is 25.7 Å². The number of aromatic amines is 1. The van der Waals surface area contributed by atoms with Crippen LogP contribution in [0.4, 0.5) is 5.82 Å². The lowest BCUT2D eigenvalue weighted by Crippen LogP contribution is -2.45. The second kappa shape index (κ2) is 6.91. The summed E-state index contributed by atoms with van der Waals surface area (Å²) in [6.45, 7) is 3.59. The van der Waals surface area contributed by atoms with Crippen molar-refractivity contribution < 1.29 is 24.3 Å². The van der Waals surface area contributed by atoms with Gasteiger partial charge in [-0.3, -0.25) is 29.5 Å². The van der Waals surface area contributed by atoms with Gasteiger partial charge in [-0.2, -0.15) is 0 Å². The molecule has 2 atom stereocenters. The van der Waals surface area contributed by atoms with E-state index in [2.05, 4.69) is 10.4 Å². The fourth-order valence-corrected chi connectivity index (χ4v) is 3.43.